The predicted octanol–water partition coefficient (Wildman–Crippen LogP) is 11.8. The summed E-state index contributed by atoms with van der Waals surface area (Å²) in [6.07, 6.45) is 0. The molecule has 0 amide bonds. The van der Waals surface area contributed by atoms with Crippen LogP contribution in [0.1, 0.15) is 0 Å². The van der Waals surface area contributed by atoms with Crippen molar-refractivity contribution < 1.29 is 8.83 Å². The van der Waals surface area contributed by atoms with E-state index in [9.17, 15) is 0 Å². The SMILES string of the molecule is c1ccc(-c2nc(-c3ccccc3)nc(-c3ccc4oc5cc6c(cc5c4c3)oc3c(-n4c5ccccc5c5ccccc54)cccc36)n2)cc1. The molecule has 0 N–H and O–H groups in total. The highest BCUT2D eigenvalue weighted by molar-refractivity contribution is 6.17. The minimum atomic E-state index is 0.597. The Hall–Kier alpha value is -7.05. The molecule has 4 aromatic heterocycles. The summed E-state index contributed by atoms with van der Waals surface area (Å²) in [5, 5.41) is 6.42. The van der Waals surface area contributed by atoms with Gasteiger partial charge in [0.25, 0.3) is 0 Å². The van der Waals surface area contributed by atoms with Crippen LogP contribution in [0.15, 0.2) is 167 Å². The van der Waals surface area contributed by atoms with Gasteiger partial charge in [-0.25, -0.2) is 15.0 Å². The molecule has 6 heteroatoms. The van der Waals surface area contributed by atoms with Gasteiger partial charge in [-0.05, 0) is 48.5 Å². The van der Waals surface area contributed by atoms with E-state index in [-0.39, 0.29) is 0 Å². The van der Waals surface area contributed by atoms with Gasteiger partial charge in [-0.3, -0.25) is 0 Å². The predicted molar refractivity (Wildman–Crippen MR) is 205 cm³/mol. The van der Waals surface area contributed by atoms with Gasteiger partial charge in [0.15, 0.2) is 23.1 Å². The fourth-order valence-corrected chi connectivity index (χ4v) is 7.49. The monoisotopic (exact) mass is 654 g/mol. The molecule has 0 radical (unpaired) electrons. The van der Waals surface area contributed by atoms with Gasteiger partial charge in [0, 0.05) is 49.0 Å². The number of benzene rings is 7. The molecular formula is C45H26N4O2. The van der Waals surface area contributed by atoms with E-state index >= 15 is 0 Å². The Morgan fingerprint density at radius 2 is 0.863 bits per heavy atom. The Morgan fingerprint density at radius 3 is 1.51 bits per heavy atom. The quantitative estimate of drug-likeness (QED) is 0.189. The first-order chi connectivity index (χ1) is 25.3. The molecule has 11 rings (SSSR count). The highest BCUT2D eigenvalue weighted by Crippen LogP contribution is 2.41. The molecule has 238 valence electrons. The minimum Gasteiger partial charge on any atom is -0.456 e. The van der Waals surface area contributed by atoms with Crippen molar-refractivity contribution in [3.05, 3.63) is 158 Å². The van der Waals surface area contributed by atoms with Crippen molar-refractivity contribution >= 4 is 65.7 Å². The average molecular weight is 655 g/mol. The van der Waals surface area contributed by atoms with Gasteiger partial charge in [0.1, 0.15) is 16.7 Å². The molecule has 11 aromatic rings. The van der Waals surface area contributed by atoms with Crippen molar-refractivity contribution in [3.63, 3.8) is 0 Å². The first kappa shape index (κ1) is 27.9. The minimum absolute atomic E-state index is 0.597. The standard InChI is InChI=1S/C45H26N4O2/c1-3-12-27(13-4-1)43-46-44(28-14-5-2-6-15-28)48-45(47-43)29-22-23-39-33(24-29)35-26-41-34(25-40(35)50-39)32-18-11-21-38(42(32)51-41)49-36-19-9-7-16-30(36)31-17-8-10-20-37(31)49/h1-26H. The van der Waals surface area contributed by atoms with E-state index in [0.717, 1.165) is 77.3 Å². The summed E-state index contributed by atoms with van der Waals surface area (Å²) in [4.78, 5) is 14.8. The van der Waals surface area contributed by atoms with Gasteiger partial charge in [-0.15, -0.1) is 0 Å². The number of hydrogen-bond donors (Lipinski definition) is 0. The Morgan fingerprint density at radius 1 is 0.353 bits per heavy atom. The Bertz CT molecular complexity index is 3030. The Balaban J connectivity index is 1.10. The molecule has 51 heavy (non-hydrogen) atoms. The van der Waals surface area contributed by atoms with Crippen LogP contribution in [0.2, 0.25) is 0 Å². The Kier molecular flexibility index (Phi) is 5.86. The van der Waals surface area contributed by atoms with Crippen molar-refractivity contribution in [3.8, 4) is 39.9 Å². The molecule has 0 aliphatic carbocycles. The summed E-state index contributed by atoms with van der Waals surface area (Å²) < 4.78 is 15.6. The summed E-state index contributed by atoms with van der Waals surface area (Å²) >= 11 is 0. The third-order valence-corrected chi connectivity index (χ3v) is 9.85. The highest BCUT2D eigenvalue weighted by atomic mass is 16.3. The first-order valence-corrected chi connectivity index (χ1v) is 16.9. The maximum Gasteiger partial charge on any atom is 0.164 e. The zero-order valence-corrected chi connectivity index (χ0v) is 27.1. The van der Waals surface area contributed by atoms with Crippen LogP contribution < -0.4 is 0 Å². The van der Waals surface area contributed by atoms with Gasteiger partial charge < -0.3 is 13.4 Å². The summed E-state index contributed by atoms with van der Waals surface area (Å²) in [6.45, 7) is 0. The van der Waals surface area contributed by atoms with Crippen LogP contribution in [-0.4, -0.2) is 19.5 Å². The number of aromatic nitrogens is 4. The van der Waals surface area contributed by atoms with Crippen LogP contribution >= 0.6 is 0 Å². The molecule has 0 bridgehead atoms. The molecule has 0 atom stereocenters. The van der Waals surface area contributed by atoms with E-state index in [1.807, 2.05) is 72.8 Å². The molecular weight excluding hydrogens is 629 g/mol. The smallest absolute Gasteiger partial charge is 0.164 e. The van der Waals surface area contributed by atoms with Crippen LogP contribution in [0.3, 0.4) is 0 Å². The largest absolute Gasteiger partial charge is 0.456 e. The number of nitrogens with zero attached hydrogens (tertiary/aromatic N) is 4. The van der Waals surface area contributed by atoms with Gasteiger partial charge in [-0.2, -0.15) is 0 Å². The Labute approximate surface area is 290 Å². The van der Waals surface area contributed by atoms with Gasteiger partial charge in [0.05, 0.1) is 16.7 Å². The van der Waals surface area contributed by atoms with Crippen molar-refractivity contribution in [2.75, 3.05) is 0 Å². The zero-order chi connectivity index (χ0) is 33.5. The molecule has 0 saturated heterocycles. The molecule has 0 saturated carbocycles. The van der Waals surface area contributed by atoms with E-state index in [2.05, 4.69) is 89.5 Å². The number of hydrogen-bond acceptors (Lipinski definition) is 5. The van der Waals surface area contributed by atoms with Crippen molar-refractivity contribution in [1.29, 1.82) is 0 Å². The van der Waals surface area contributed by atoms with Crippen LogP contribution in [-0.2, 0) is 0 Å². The molecule has 0 spiro atoms. The lowest BCUT2D eigenvalue weighted by atomic mass is 10.1. The van der Waals surface area contributed by atoms with Crippen LogP contribution in [0, 0.1) is 0 Å². The summed E-state index contributed by atoms with van der Waals surface area (Å²) in [5.74, 6) is 1.85. The van der Waals surface area contributed by atoms with Crippen LogP contribution in [0.4, 0.5) is 0 Å². The second kappa shape index (κ2) is 10.7. The van der Waals surface area contributed by atoms with E-state index in [4.69, 9.17) is 23.8 Å². The first-order valence-electron chi connectivity index (χ1n) is 16.9. The fourth-order valence-electron chi connectivity index (χ4n) is 7.49. The summed E-state index contributed by atoms with van der Waals surface area (Å²) in [7, 11) is 0. The number of fused-ring (bicyclic) bond motifs is 9. The third kappa shape index (κ3) is 4.26. The normalized spacial score (nSPS) is 11.9. The maximum atomic E-state index is 6.78. The number of rotatable bonds is 4. The van der Waals surface area contributed by atoms with Crippen molar-refractivity contribution in [2.45, 2.75) is 0 Å². The lowest BCUT2D eigenvalue weighted by Gasteiger charge is -2.08. The lowest BCUT2D eigenvalue weighted by Crippen LogP contribution is -2.00. The fraction of sp³-hybridized carbons (Fsp3) is 0. The van der Waals surface area contributed by atoms with Crippen LogP contribution in [0.5, 0.6) is 0 Å². The zero-order valence-electron chi connectivity index (χ0n) is 27.1. The number of furan rings is 2. The maximum absolute atomic E-state index is 6.78. The second-order valence-electron chi connectivity index (χ2n) is 12.8. The van der Waals surface area contributed by atoms with E-state index in [1.165, 1.54) is 10.8 Å². The molecule has 0 aliphatic heterocycles. The molecule has 7 aromatic carbocycles. The molecule has 0 unspecified atom stereocenters. The number of para-hydroxylation sites is 3. The van der Waals surface area contributed by atoms with E-state index < -0.39 is 0 Å². The van der Waals surface area contributed by atoms with Crippen molar-refractivity contribution in [2.24, 2.45) is 0 Å². The molecule has 4 heterocycles. The lowest BCUT2D eigenvalue weighted by molar-refractivity contribution is 0.662. The van der Waals surface area contributed by atoms with E-state index in [0.29, 0.717) is 17.5 Å². The van der Waals surface area contributed by atoms with Gasteiger partial charge in [0.2, 0.25) is 0 Å². The average Bonchev–Trinajstić information content (AvgIpc) is 3.86. The summed E-state index contributed by atoms with van der Waals surface area (Å²) in [6, 6.07) is 53.8. The highest BCUT2D eigenvalue weighted by Gasteiger charge is 2.20. The van der Waals surface area contributed by atoms with Crippen LogP contribution in [0.25, 0.3) is 106 Å². The van der Waals surface area contributed by atoms with Gasteiger partial charge in [-0.1, -0.05) is 109 Å². The molecule has 6 nitrogen and oxygen atoms in total. The topological polar surface area (TPSA) is 69.9 Å². The molecule has 0 fully saturated rings. The van der Waals surface area contributed by atoms with E-state index in [1.54, 1.807) is 0 Å². The molecule has 0 aliphatic rings. The van der Waals surface area contributed by atoms with Gasteiger partial charge >= 0.3 is 0 Å². The third-order valence-electron chi connectivity index (χ3n) is 9.85. The second-order valence-corrected chi connectivity index (χ2v) is 12.8. The summed E-state index contributed by atoms with van der Waals surface area (Å²) in [5.41, 5.74) is 9.25. The van der Waals surface area contributed by atoms with Crippen molar-refractivity contribution in [1.82, 2.24) is 19.5 Å².